The van der Waals surface area contributed by atoms with Crippen molar-refractivity contribution in [3.05, 3.63) is 35.9 Å². The van der Waals surface area contributed by atoms with Crippen LogP contribution in [0.1, 0.15) is 65.0 Å². The van der Waals surface area contributed by atoms with E-state index < -0.39 is 5.60 Å². The maximum absolute atomic E-state index is 12.2. The highest BCUT2D eigenvalue weighted by molar-refractivity contribution is 5.70. The Labute approximate surface area is 134 Å². The van der Waals surface area contributed by atoms with Crippen molar-refractivity contribution in [2.24, 2.45) is 0 Å². The molecule has 0 bridgehead atoms. The third kappa shape index (κ3) is 4.84. The lowest BCUT2D eigenvalue weighted by atomic mass is 9.95. The van der Waals surface area contributed by atoms with Crippen molar-refractivity contribution in [3.63, 3.8) is 0 Å². The molecule has 22 heavy (non-hydrogen) atoms. The van der Waals surface area contributed by atoms with Gasteiger partial charge in [0, 0.05) is 12.1 Å². The molecule has 1 aliphatic heterocycles. The van der Waals surface area contributed by atoms with Gasteiger partial charge in [0.05, 0.1) is 6.42 Å². The van der Waals surface area contributed by atoms with Crippen LogP contribution >= 0.6 is 0 Å². The number of benzene rings is 1. The third-order valence-corrected chi connectivity index (χ3v) is 4.27. The fourth-order valence-corrected chi connectivity index (χ4v) is 3.25. The van der Waals surface area contributed by atoms with E-state index in [4.69, 9.17) is 4.74 Å². The van der Waals surface area contributed by atoms with E-state index >= 15 is 0 Å². The van der Waals surface area contributed by atoms with Crippen molar-refractivity contribution in [3.8, 4) is 0 Å². The van der Waals surface area contributed by atoms with Gasteiger partial charge in [-0.25, -0.2) is 0 Å². The molecule has 0 aliphatic carbocycles. The Balaban J connectivity index is 2.03. The molecule has 2 atom stereocenters. The molecule has 0 N–H and O–H groups in total. The number of ether oxygens (including phenoxy) is 1. The van der Waals surface area contributed by atoms with E-state index in [1.807, 2.05) is 26.8 Å². The van der Waals surface area contributed by atoms with Crippen LogP contribution in [0.15, 0.2) is 30.3 Å². The van der Waals surface area contributed by atoms with Gasteiger partial charge in [0.1, 0.15) is 5.60 Å². The highest BCUT2D eigenvalue weighted by atomic mass is 16.6. The Morgan fingerprint density at radius 1 is 1.27 bits per heavy atom. The minimum absolute atomic E-state index is 0.0790. The van der Waals surface area contributed by atoms with Gasteiger partial charge < -0.3 is 4.74 Å². The average molecular weight is 303 g/mol. The summed E-state index contributed by atoms with van der Waals surface area (Å²) in [5, 5.41) is 0. The van der Waals surface area contributed by atoms with Gasteiger partial charge in [0.15, 0.2) is 0 Å². The molecular weight excluding hydrogens is 274 g/mol. The van der Waals surface area contributed by atoms with Crippen molar-refractivity contribution in [1.29, 1.82) is 0 Å². The number of hydrogen-bond acceptors (Lipinski definition) is 3. The predicted octanol–water partition coefficient (Wildman–Crippen LogP) is 4.33. The summed E-state index contributed by atoms with van der Waals surface area (Å²) in [4.78, 5) is 14.7. The van der Waals surface area contributed by atoms with E-state index in [-0.39, 0.29) is 5.97 Å². The van der Waals surface area contributed by atoms with Gasteiger partial charge in [0.25, 0.3) is 0 Å². The molecule has 1 aromatic carbocycles. The van der Waals surface area contributed by atoms with E-state index in [9.17, 15) is 4.79 Å². The Kier molecular flexibility index (Phi) is 5.63. The van der Waals surface area contributed by atoms with Crippen LogP contribution in [0.5, 0.6) is 0 Å². The van der Waals surface area contributed by atoms with Crippen molar-refractivity contribution < 1.29 is 9.53 Å². The molecule has 122 valence electrons. The molecule has 0 aromatic heterocycles. The van der Waals surface area contributed by atoms with Crippen LogP contribution in [-0.2, 0) is 9.53 Å². The van der Waals surface area contributed by atoms with Crippen LogP contribution in [0.25, 0.3) is 0 Å². The lowest BCUT2D eigenvalue weighted by molar-refractivity contribution is -0.156. The van der Waals surface area contributed by atoms with Gasteiger partial charge in [-0.2, -0.15) is 0 Å². The summed E-state index contributed by atoms with van der Waals surface area (Å²) in [6.07, 6.45) is 3.98. The molecule has 3 heteroatoms. The Morgan fingerprint density at radius 3 is 2.59 bits per heavy atom. The molecule has 2 rings (SSSR count). The summed E-state index contributed by atoms with van der Waals surface area (Å²) in [6.45, 7) is 9.08. The van der Waals surface area contributed by atoms with Crippen molar-refractivity contribution >= 4 is 5.97 Å². The monoisotopic (exact) mass is 303 g/mol. The standard InChI is InChI=1S/C19H29NO2/c1-15(16-10-6-5-7-11-16)20-13-9-8-12-17(20)14-18(21)22-19(2,3)4/h5-7,10-11,15,17H,8-9,12-14H2,1-4H3/t15-,17-/m1/s1. The summed E-state index contributed by atoms with van der Waals surface area (Å²) < 4.78 is 5.51. The van der Waals surface area contributed by atoms with Gasteiger partial charge in [-0.3, -0.25) is 9.69 Å². The number of likely N-dealkylation sites (tertiary alicyclic amines) is 1. The number of nitrogens with zero attached hydrogens (tertiary/aromatic N) is 1. The van der Waals surface area contributed by atoms with Crippen LogP contribution < -0.4 is 0 Å². The molecule has 1 aromatic rings. The normalized spacial score (nSPS) is 21.4. The molecule has 0 unspecified atom stereocenters. The zero-order valence-electron chi connectivity index (χ0n) is 14.3. The smallest absolute Gasteiger partial charge is 0.307 e. The number of hydrogen-bond donors (Lipinski definition) is 0. The first-order valence-corrected chi connectivity index (χ1v) is 8.39. The van der Waals surface area contributed by atoms with Crippen molar-refractivity contribution in [2.75, 3.05) is 6.54 Å². The molecule has 1 fully saturated rings. The highest BCUT2D eigenvalue weighted by Gasteiger charge is 2.30. The van der Waals surface area contributed by atoms with Crippen LogP contribution in [0.2, 0.25) is 0 Å². The van der Waals surface area contributed by atoms with Gasteiger partial charge in [0.2, 0.25) is 0 Å². The largest absolute Gasteiger partial charge is 0.460 e. The topological polar surface area (TPSA) is 29.5 Å². The average Bonchev–Trinajstić information content (AvgIpc) is 2.46. The third-order valence-electron chi connectivity index (χ3n) is 4.27. The number of esters is 1. The number of carbonyl (C=O) groups is 1. The van der Waals surface area contributed by atoms with E-state index in [0.717, 1.165) is 13.0 Å². The second-order valence-electron chi connectivity index (χ2n) is 7.26. The lowest BCUT2D eigenvalue weighted by Crippen LogP contribution is -2.43. The first kappa shape index (κ1) is 17.0. The first-order chi connectivity index (χ1) is 10.4. The Bertz CT molecular complexity index is 478. The van der Waals surface area contributed by atoms with Crippen LogP contribution in [0, 0.1) is 0 Å². The van der Waals surface area contributed by atoms with Crippen LogP contribution in [0.4, 0.5) is 0 Å². The van der Waals surface area contributed by atoms with Crippen LogP contribution in [-0.4, -0.2) is 29.1 Å². The quantitative estimate of drug-likeness (QED) is 0.775. The van der Waals surface area contributed by atoms with Crippen molar-refractivity contribution in [2.45, 2.75) is 71.1 Å². The zero-order valence-corrected chi connectivity index (χ0v) is 14.3. The molecule has 1 saturated heterocycles. The molecule has 0 radical (unpaired) electrons. The second-order valence-corrected chi connectivity index (χ2v) is 7.26. The Hall–Kier alpha value is -1.35. The fraction of sp³-hybridized carbons (Fsp3) is 0.632. The van der Waals surface area contributed by atoms with Crippen molar-refractivity contribution in [1.82, 2.24) is 4.90 Å². The second kappa shape index (κ2) is 7.28. The molecule has 1 aliphatic rings. The zero-order chi connectivity index (χ0) is 16.2. The summed E-state index contributed by atoms with van der Waals surface area (Å²) in [5.41, 5.74) is 0.917. The van der Waals surface area contributed by atoms with E-state index in [1.54, 1.807) is 0 Å². The predicted molar refractivity (Wildman–Crippen MR) is 89.7 cm³/mol. The van der Waals surface area contributed by atoms with Gasteiger partial charge in [-0.05, 0) is 52.6 Å². The van der Waals surface area contributed by atoms with E-state index in [0.29, 0.717) is 18.5 Å². The molecule has 0 amide bonds. The molecular formula is C19H29NO2. The summed E-state index contributed by atoms with van der Waals surface area (Å²) in [7, 11) is 0. The highest BCUT2D eigenvalue weighted by Crippen LogP contribution is 2.30. The summed E-state index contributed by atoms with van der Waals surface area (Å²) in [5.74, 6) is -0.0790. The molecule has 0 spiro atoms. The van der Waals surface area contributed by atoms with E-state index in [2.05, 4.69) is 36.1 Å². The Morgan fingerprint density at radius 2 is 1.95 bits per heavy atom. The minimum atomic E-state index is -0.401. The minimum Gasteiger partial charge on any atom is -0.460 e. The van der Waals surface area contributed by atoms with E-state index in [1.165, 1.54) is 18.4 Å². The van der Waals surface area contributed by atoms with Gasteiger partial charge >= 0.3 is 5.97 Å². The number of rotatable bonds is 4. The van der Waals surface area contributed by atoms with Gasteiger partial charge in [-0.15, -0.1) is 0 Å². The molecule has 3 nitrogen and oxygen atoms in total. The maximum atomic E-state index is 12.2. The first-order valence-electron chi connectivity index (χ1n) is 8.39. The summed E-state index contributed by atoms with van der Waals surface area (Å²) in [6, 6.07) is 11.2. The fourth-order valence-electron chi connectivity index (χ4n) is 3.25. The summed E-state index contributed by atoms with van der Waals surface area (Å²) >= 11 is 0. The maximum Gasteiger partial charge on any atom is 0.307 e. The molecule has 0 saturated carbocycles. The molecule has 1 heterocycles. The SMILES string of the molecule is C[C@H](c1ccccc1)N1CCCC[C@@H]1CC(=O)OC(C)(C)C. The van der Waals surface area contributed by atoms with Gasteiger partial charge in [-0.1, -0.05) is 36.8 Å². The number of carbonyl (C=O) groups excluding carboxylic acids is 1. The lowest BCUT2D eigenvalue weighted by Gasteiger charge is -2.40. The van der Waals surface area contributed by atoms with Crippen LogP contribution in [0.3, 0.4) is 0 Å². The number of piperidine rings is 1.